The minimum atomic E-state index is -0.977. The normalized spacial score (nSPS) is 13.4. The molecule has 2 aromatic heterocycles. The molecule has 1 amide bonds. The first kappa shape index (κ1) is 17.3. The van der Waals surface area contributed by atoms with Crippen molar-refractivity contribution < 1.29 is 22.8 Å². The number of nitrogens with one attached hydrogen (secondary N) is 1. The Bertz CT molecular complexity index is 1010. The third-order valence-corrected chi connectivity index (χ3v) is 4.13. The number of ether oxygens (including phenoxy) is 1. The Hall–Kier alpha value is -3.14. The van der Waals surface area contributed by atoms with Crippen LogP contribution in [-0.2, 0) is 24.4 Å². The number of benzene rings is 1. The number of hydrogen-bond acceptors (Lipinski definition) is 6. The van der Waals surface area contributed by atoms with Gasteiger partial charge in [0.2, 0.25) is 5.89 Å². The van der Waals surface area contributed by atoms with Crippen LogP contribution in [0.2, 0.25) is 0 Å². The first-order valence-corrected chi connectivity index (χ1v) is 8.23. The summed E-state index contributed by atoms with van der Waals surface area (Å²) in [4.78, 5) is 21.0. The zero-order valence-corrected chi connectivity index (χ0v) is 14.3. The lowest BCUT2D eigenvalue weighted by molar-refractivity contribution is 0.0815. The Labute approximate surface area is 152 Å². The SMILES string of the molecule is Cc1noc(CNC(=O)c2nc(-c3ccc(F)c(F)c3)n3c2COCC3)n1. The fraction of sp³-hybridized carbons (Fsp3) is 0.294. The molecule has 27 heavy (non-hydrogen) atoms. The van der Waals surface area contributed by atoms with E-state index in [0.29, 0.717) is 36.1 Å². The van der Waals surface area contributed by atoms with E-state index in [-0.39, 0.29) is 24.7 Å². The van der Waals surface area contributed by atoms with Gasteiger partial charge >= 0.3 is 0 Å². The summed E-state index contributed by atoms with van der Waals surface area (Å²) in [5.74, 6) is -1.26. The number of carbonyl (C=O) groups is 1. The summed E-state index contributed by atoms with van der Waals surface area (Å²) in [6.45, 7) is 2.80. The maximum Gasteiger partial charge on any atom is 0.272 e. The van der Waals surface area contributed by atoms with E-state index in [0.717, 1.165) is 12.1 Å². The summed E-state index contributed by atoms with van der Waals surface area (Å²) >= 11 is 0. The molecule has 0 saturated heterocycles. The van der Waals surface area contributed by atoms with Gasteiger partial charge < -0.3 is 19.1 Å². The summed E-state index contributed by atoms with van der Waals surface area (Å²) < 4.78 is 39.0. The molecule has 0 bridgehead atoms. The smallest absolute Gasteiger partial charge is 0.272 e. The van der Waals surface area contributed by atoms with E-state index in [1.807, 2.05) is 0 Å². The van der Waals surface area contributed by atoms with Crippen molar-refractivity contribution in [2.75, 3.05) is 6.61 Å². The number of amides is 1. The zero-order chi connectivity index (χ0) is 19.0. The van der Waals surface area contributed by atoms with Gasteiger partial charge in [0.05, 0.1) is 25.5 Å². The molecule has 0 unspecified atom stereocenters. The molecular formula is C17H15F2N5O3. The van der Waals surface area contributed by atoms with Gasteiger partial charge in [0, 0.05) is 12.1 Å². The summed E-state index contributed by atoms with van der Waals surface area (Å²) in [5, 5.41) is 6.32. The first-order valence-electron chi connectivity index (χ1n) is 8.23. The van der Waals surface area contributed by atoms with Crippen LogP contribution in [0.5, 0.6) is 0 Å². The zero-order valence-electron chi connectivity index (χ0n) is 14.3. The van der Waals surface area contributed by atoms with Crippen molar-refractivity contribution in [3.63, 3.8) is 0 Å². The average molecular weight is 375 g/mol. The molecule has 8 nitrogen and oxygen atoms in total. The number of aromatic nitrogens is 4. The lowest BCUT2D eigenvalue weighted by atomic mass is 10.2. The Kier molecular flexibility index (Phi) is 4.40. The molecule has 3 aromatic rings. The number of halogens is 2. The first-order chi connectivity index (χ1) is 13.0. The maximum absolute atomic E-state index is 13.6. The van der Waals surface area contributed by atoms with E-state index in [9.17, 15) is 13.6 Å². The van der Waals surface area contributed by atoms with Crippen LogP contribution in [0, 0.1) is 18.6 Å². The Morgan fingerprint density at radius 3 is 2.89 bits per heavy atom. The van der Waals surface area contributed by atoms with Crippen molar-refractivity contribution in [2.45, 2.75) is 26.6 Å². The maximum atomic E-state index is 13.6. The number of imidazole rings is 1. The van der Waals surface area contributed by atoms with Crippen LogP contribution in [0.3, 0.4) is 0 Å². The number of carbonyl (C=O) groups excluding carboxylic acids is 1. The van der Waals surface area contributed by atoms with E-state index in [2.05, 4.69) is 20.4 Å². The largest absolute Gasteiger partial charge is 0.373 e. The van der Waals surface area contributed by atoms with Gasteiger partial charge in [-0.05, 0) is 25.1 Å². The van der Waals surface area contributed by atoms with Crippen LogP contribution in [0.1, 0.15) is 27.9 Å². The standard InChI is InChI=1S/C17H15F2N5O3/c1-9-21-14(27-23-9)7-20-17(25)15-13-8-26-5-4-24(13)16(22-15)10-2-3-11(18)12(19)6-10/h2-3,6H,4-5,7-8H2,1H3,(H,20,25). The summed E-state index contributed by atoms with van der Waals surface area (Å²) in [7, 11) is 0. The number of hydrogen-bond donors (Lipinski definition) is 1. The molecule has 3 heterocycles. The molecule has 1 aliphatic heterocycles. The third-order valence-electron chi connectivity index (χ3n) is 4.13. The molecule has 0 fully saturated rings. The quantitative estimate of drug-likeness (QED) is 0.749. The van der Waals surface area contributed by atoms with Crippen LogP contribution in [-0.4, -0.2) is 32.2 Å². The van der Waals surface area contributed by atoms with Crippen LogP contribution in [0.15, 0.2) is 22.7 Å². The molecule has 10 heteroatoms. The van der Waals surface area contributed by atoms with Crippen LogP contribution >= 0.6 is 0 Å². The second kappa shape index (κ2) is 6.88. The molecule has 0 spiro atoms. The van der Waals surface area contributed by atoms with E-state index in [4.69, 9.17) is 9.26 Å². The van der Waals surface area contributed by atoms with Gasteiger partial charge in [0.15, 0.2) is 23.2 Å². The molecule has 4 rings (SSSR count). The van der Waals surface area contributed by atoms with Gasteiger partial charge in [-0.3, -0.25) is 4.79 Å². The van der Waals surface area contributed by atoms with E-state index >= 15 is 0 Å². The Morgan fingerprint density at radius 1 is 1.30 bits per heavy atom. The van der Waals surface area contributed by atoms with Gasteiger partial charge in [-0.15, -0.1) is 0 Å². The molecule has 0 aliphatic carbocycles. The van der Waals surface area contributed by atoms with Gasteiger partial charge in [0.25, 0.3) is 5.91 Å². The molecule has 0 atom stereocenters. The Balaban J connectivity index is 1.65. The van der Waals surface area contributed by atoms with E-state index in [1.54, 1.807) is 11.5 Å². The van der Waals surface area contributed by atoms with Crippen molar-refractivity contribution in [1.82, 2.24) is 25.0 Å². The van der Waals surface area contributed by atoms with Gasteiger partial charge in [-0.25, -0.2) is 13.8 Å². The number of aryl methyl sites for hydroxylation is 1. The van der Waals surface area contributed by atoms with Crippen LogP contribution < -0.4 is 5.32 Å². The highest BCUT2D eigenvalue weighted by Gasteiger charge is 2.26. The summed E-state index contributed by atoms with van der Waals surface area (Å²) in [5.41, 5.74) is 1.11. The second-order valence-electron chi connectivity index (χ2n) is 5.98. The van der Waals surface area contributed by atoms with Crippen molar-refractivity contribution in [3.05, 3.63) is 52.9 Å². The van der Waals surface area contributed by atoms with E-state index in [1.165, 1.54) is 6.07 Å². The molecule has 1 N–H and O–H groups in total. The van der Waals surface area contributed by atoms with Crippen molar-refractivity contribution in [2.24, 2.45) is 0 Å². The highest BCUT2D eigenvalue weighted by Crippen LogP contribution is 2.26. The number of rotatable bonds is 4. The topological polar surface area (TPSA) is 95.1 Å². The Morgan fingerprint density at radius 2 is 2.15 bits per heavy atom. The predicted octanol–water partition coefficient (Wildman–Crippen LogP) is 1.98. The molecule has 0 saturated carbocycles. The van der Waals surface area contributed by atoms with Gasteiger partial charge in [-0.1, -0.05) is 5.16 Å². The number of nitrogens with zero attached hydrogens (tertiary/aromatic N) is 4. The minimum Gasteiger partial charge on any atom is -0.373 e. The van der Waals surface area contributed by atoms with Crippen molar-refractivity contribution in [3.8, 4) is 11.4 Å². The lowest BCUT2D eigenvalue weighted by Gasteiger charge is -2.18. The molecule has 140 valence electrons. The second-order valence-corrected chi connectivity index (χ2v) is 5.98. The minimum absolute atomic E-state index is 0.0489. The fourth-order valence-electron chi connectivity index (χ4n) is 2.89. The highest BCUT2D eigenvalue weighted by molar-refractivity contribution is 5.94. The lowest BCUT2D eigenvalue weighted by Crippen LogP contribution is -2.26. The molecule has 0 radical (unpaired) electrons. The predicted molar refractivity (Wildman–Crippen MR) is 87.4 cm³/mol. The van der Waals surface area contributed by atoms with Gasteiger partial charge in [0.1, 0.15) is 5.82 Å². The van der Waals surface area contributed by atoms with Crippen LogP contribution in [0.4, 0.5) is 8.78 Å². The monoisotopic (exact) mass is 375 g/mol. The van der Waals surface area contributed by atoms with Gasteiger partial charge in [-0.2, -0.15) is 4.98 Å². The van der Waals surface area contributed by atoms with E-state index < -0.39 is 17.5 Å². The molecular weight excluding hydrogens is 360 g/mol. The number of fused-ring (bicyclic) bond motifs is 1. The summed E-state index contributed by atoms with van der Waals surface area (Å²) in [6.07, 6.45) is 0. The molecule has 1 aliphatic rings. The highest BCUT2D eigenvalue weighted by atomic mass is 19.2. The fourth-order valence-corrected chi connectivity index (χ4v) is 2.89. The van der Waals surface area contributed by atoms with Crippen molar-refractivity contribution >= 4 is 5.91 Å². The molecule has 1 aromatic carbocycles. The van der Waals surface area contributed by atoms with Crippen molar-refractivity contribution in [1.29, 1.82) is 0 Å². The van der Waals surface area contributed by atoms with Crippen LogP contribution in [0.25, 0.3) is 11.4 Å². The summed E-state index contributed by atoms with van der Waals surface area (Å²) in [6, 6.07) is 3.51. The third kappa shape index (κ3) is 3.31. The average Bonchev–Trinajstić information content (AvgIpc) is 3.26.